The molecule has 0 bridgehead atoms. The van der Waals surface area contributed by atoms with Gasteiger partial charge in [-0.05, 0) is 42.0 Å². The van der Waals surface area contributed by atoms with Gasteiger partial charge in [0.25, 0.3) is 5.91 Å². The van der Waals surface area contributed by atoms with Gasteiger partial charge in [0, 0.05) is 12.2 Å². The van der Waals surface area contributed by atoms with E-state index >= 15 is 0 Å². The molecule has 0 aliphatic carbocycles. The summed E-state index contributed by atoms with van der Waals surface area (Å²) in [5.74, 6) is -0.640. The van der Waals surface area contributed by atoms with E-state index in [0.29, 0.717) is 17.9 Å². The Labute approximate surface area is 143 Å². The Morgan fingerprint density at radius 1 is 1.12 bits per heavy atom. The molecule has 1 heterocycles. The van der Waals surface area contributed by atoms with Crippen molar-refractivity contribution in [2.45, 2.75) is 6.54 Å². The maximum atomic E-state index is 13.6. The SMILES string of the molecule is N#Cc1c(F)cccc1NCc1ccc(NC(=O)c2ccco2)cc1. The molecule has 0 atom stereocenters. The third-order valence-electron chi connectivity index (χ3n) is 3.57. The van der Waals surface area contributed by atoms with Crippen molar-refractivity contribution in [3.05, 3.63) is 83.6 Å². The largest absolute Gasteiger partial charge is 0.459 e. The quantitative estimate of drug-likeness (QED) is 0.734. The second-order valence-corrected chi connectivity index (χ2v) is 5.26. The Kier molecular flexibility index (Phi) is 4.77. The van der Waals surface area contributed by atoms with Crippen molar-refractivity contribution in [2.75, 3.05) is 10.6 Å². The molecule has 0 radical (unpaired) electrons. The third-order valence-corrected chi connectivity index (χ3v) is 3.57. The minimum Gasteiger partial charge on any atom is -0.459 e. The van der Waals surface area contributed by atoms with Crippen LogP contribution in [0.15, 0.2) is 65.3 Å². The lowest BCUT2D eigenvalue weighted by Gasteiger charge is -2.09. The highest BCUT2D eigenvalue weighted by Gasteiger charge is 2.09. The molecule has 5 nitrogen and oxygen atoms in total. The Morgan fingerprint density at radius 3 is 2.60 bits per heavy atom. The molecule has 1 amide bonds. The van der Waals surface area contributed by atoms with Gasteiger partial charge in [-0.2, -0.15) is 5.26 Å². The number of hydrogen-bond donors (Lipinski definition) is 2. The van der Waals surface area contributed by atoms with Crippen LogP contribution in [-0.4, -0.2) is 5.91 Å². The third kappa shape index (κ3) is 3.85. The van der Waals surface area contributed by atoms with Gasteiger partial charge in [0.2, 0.25) is 0 Å². The molecule has 0 spiro atoms. The van der Waals surface area contributed by atoms with Gasteiger partial charge < -0.3 is 15.1 Å². The van der Waals surface area contributed by atoms with Crippen LogP contribution in [-0.2, 0) is 6.54 Å². The standard InChI is InChI=1S/C19H14FN3O2/c20-16-3-1-4-17(15(16)11-21)22-12-13-6-8-14(9-7-13)23-19(24)18-5-2-10-25-18/h1-10,22H,12H2,(H,23,24). The van der Waals surface area contributed by atoms with Gasteiger partial charge in [-0.25, -0.2) is 4.39 Å². The second-order valence-electron chi connectivity index (χ2n) is 5.26. The van der Waals surface area contributed by atoms with Crippen LogP contribution in [0, 0.1) is 17.1 Å². The van der Waals surface area contributed by atoms with E-state index in [2.05, 4.69) is 10.6 Å². The first-order valence-electron chi connectivity index (χ1n) is 7.53. The number of nitrogens with one attached hydrogen (secondary N) is 2. The van der Waals surface area contributed by atoms with Crippen LogP contribution in [0.4, 0.5) is 15.8 Å². The zero-order valence-electron chi connectivity index (χ0n) is 13.1. The summed E-state index contributed by atoms with van der Waals surface area (Å²) in [7, 11) is 0. The van der Waals surface area contributed by atoms with Crippen molar-refractivity contribution in [1.82, 2.24) is 0 Å². The number of carbonyl (C=O) groups excluding carboxylic acids is 1. The van der Waals surface area contributed by atoms with E-state index in [0.717, 1.165) is 5.56 Å². The molecule has 3 aromatic rings. The first kappa shape index (κ1) is 16.3. The summed E-state index contributed by atoms with van der Waals surface area (Å²) in [6, 6.07) is 16.7. The smallest absolute Gasteiger partial charge is 0.291 e. The zero-order chi connectivity index (χ0) is 17.6. The lowest BCUT2D eigenvalue weighted by molar-refractivity contribution is 0.0996. The van der Waals surface area contributed by atoms with Crippen molar-refractivity contribution in [1.29, 1.82) is 5.26 Å². The molecule has 0 unspecified atom stereocenters. The van der Waals surface area contributed by atoms with Crippen LogP contribution in [0.2, 0.25) is 0 Å². The van der Waals surface area contributed by atoms with Gasteiger partial charge in [-0.1, -0.05) is 18.2 Å². The number of halogens is 1. The molecular formula is C19H14FN3O2. The topological polar surface area (TPSA) is 78.1 Å². The van der Waals surface area contributed by atoms with E-state index < -0.39 is 5.82 Å². The average molecular weight is 335 g/mol. The number of benzene rings is 2. The second kappa shape index (κ2) is 7.32. The summed E-state index contributed by atoms with van der Waals surface area (Å²) in [5.41, 5.74) is 1.99. The zero-order valence-corrected chi connectivity index (χ0v) is 13.1. The highest BCUT2D eigenvalue weighted by atomic mass is 19.1. The van der Waals surface area contributed by atoms with Gasteiger partial charge >= 0.3 is 0 Å². The first-order chi connectivity index (χ1) is 12.2. The van der Waals surface area contributed by atoms with Crippen molar-refractivity contribution < 1.29 is 13.6 Å². The van der Waals surface area contributed by atoms with Crippen LogP contribution < -0.4 is 10.6 Å². The van der Waals surface area contributed by atoms with Crippen LogP contribution in [0.5, 0.6) is 0 Å². The molecule has 2 aromatic carbocycles. The van der Waals surface area contributed by atoms with Crippen LogP contribution >= 0.6 is 0 Å². The van der Waals surface area contributed by atoms with Crippen molar-refractivity contribution in [2.24, 2.45) is 0 Å². The van der Waals surface area contributed by atoms with Gasteiger partial charge in [-0.15, -0.1) is 0 Å². The predicted octanol–water partition coefficient (Wildman–Crippen LogP) is 4.15. The molecule has 1 aromatic heterocycles. The molecule has 3 rings (SSSR count). The molecule has 0 fully saturated rings. The van der Waals surface area contributed by atoms with Gasteiger partial charge in [0.15, 0.2) is 5.76 Å². The minimum absolute atomic E-state index is 0.00942. The van der Waals surface area contributed by atoms with Gasteiger partial charge in [0.1, 0.15) is 17.4 Å². The summed E-state index contributed by atoms with van der Waals surface area (Å²) >= 11 is 0. The Balaban J connectivity index is 1.63. The van der Waals surface area contributed by atoms with E-state index in [4.69, 9.17) is 9.68 Å². The van der Waals surface area contributed by atoms with Crippen LogP contribution in [0.3, 0.4) is 0 Å². The van der Waals surface area contributed by atoms with E-state index in [1.807, 2.05) is 18.2 Å². The normalized spacial score (nSPS) is 10.1. The highest BCUT2D eigenvalue weighted by Crippen LogP contribution is 2.19. The Hall–Kier alpha value is -3.59. The molecule has 6 heteroatoms. The Morgan fingerprint density at radius 2 is 1.92 bits per heavy atom. The summed E-state index contributed by atoms with van der Waals surface area (Å²) < 4.78 is 18.6. The number of anilines is 2. The number of carbonyl (C=O) groups is 1. The van der Waals surface area contributed by atoms with E-state index in [9.17, 15) is 9.18 Å². The van der Waals surface area contributed by atoms with Crippen molar-refractivity contribution >= 4 is 17.3 Å². The fourth-order valence-electron chi connectivity index (χ4n) is 2.29. The monoisotopic (exact) mass is 335 g/mol. The fraction of sp³-hybridized carbons (Fsp3) is 0.0526. The van der Waals surface area contributed by atoms with Crippen molar-refractivity contribution in [3.8, 4) is 6.07 Å². The number of nitrogens with zero attached hydrogens (tertiary/aromatic N) is 1. The maximum absolute atomic E-state index is 13.6. The van der Waals surface area contributed by atoms with Crippen LogP contribution in [0.25, 0.3) is 0 Å². The van der Waals surface area contributed by atoms with E-state index in [-0.39, 0.29) is 17.2 Å². The number of furan rings is 1. The lowest BCUT2D eigenvalue weighted by atomic mass is 10.1. The fourth-order valence-corrected chi connectivity index (χ4v) is 2.29. The molecule has 0 aliphatic rings. The predicted molar refractivity (Wildman–Crippen MR) is 91.5 cm³/mol. The molecule has 0 saturated heterocycles. The molecular weight excluding hydrogens is 321 g/mol. The van der Waals surface area contributed by atoms with Gasteiger partial charge in [0.05, 0.1) is 12.0 Å². The number of amides is 1. The number of nitriles is 1. The highest BCUT2D eigenvalue weighted by molar-refractivity contribution is 6.02. The van der Waals surface area contributed by atoms with E-state index in [1.165, 1.54) is 12.3 Å². The molecule has 0 aliphatic heterocycles. The maximum Gasteiger partial charge on any atom is 0.291 e. The number of hydrogen-bond acceptors (Lipinski definition) is 4. The molecule has 2 N–H and O–H groups in total. The molecule has 25 heavy (non-hydrogen) atoms. The first-order valence-corrected chi connectivity index (χ1v) is 7.53. The minimum atomic E-state index is -0.552. The average Bonchev–Trinajstić information content (AvgIpc) is 3.16. The summed E-state index contributed by atoms with van der Waals surface area (Å²) in [6.45, 7) is 0.421. The van der Waals surface area contributed by atoms with Crippen LogP contribution in [0.1, 0.15) is 21.7 Å². The molecule has 124 valence electrons. The summed E-state index contributed by atoms with van der Waals surface area (Å²) in [4.78, 5) is 11.9. The number of rotatable bonds is 5. The summed E-state index contributed by atoms with van der Waals surface area (Å²) in [5, 5.41) is 14.8. The lowest BCUT2D eigenvalue weighted by Crippen LogP contribution is -2.10. The Bertz CT molecular complexity index is 913. The summed E-state index contributed by atoms with van der Waals surface area (Å²) in [6.07, 6.45) is 1.44. The molecule has 0 saturated carbocycles. The van der Waals surface area contributed by atoms with E-state index in [1.54, 1.807) is 36.4 Å². The van der Waals surface area contributed by atoms with Gasteiger partial charge in [-0.3, -0.25) is 4.79 Å². The van der Waals surface area contributed by atoms with Crippen molar-refractivity contribution in [3.63, 3.8) is 0 Å².